The first-order chi connectivity index (χ1) is 4.70. The molecule has 1 aliphatic rings. The fourth-order valence-corrected chi connectivity index (χ4v) is 1.17. The van der Waals surface area contributed by atoms with Crippen LogP contribution in [0.1, 0.15) is 27.2 Å². The molecule has 0 amide bonds. The van der Waals surface area contributed by atoms with Gasteiger partial charge in [-0.25, -0.2) is 0 Å². The molecule has 0 aliphatic carbocycles. The molecule has 2 atom stereocenters. The quantitative estimate of drug-likeness (QED) is 0.558. The third-order valence-corrected chi connectivity index (χ3v) is 1.94. The van der Waals surface area contributed by atoms with Gasteiger partial charge in [0.1, 0.15) is 6.79 Å². The van der Waals surface area contributed by atoms with E-state index >= 15 is 0 Å². The first kappa shape index (κ1) is 8.02. The number of hydrogen-bond acceptors (Lipinski definition) is 2. The van der Waals surface area contributed by atoms with Crippen molar-refractivity contribution in [1.82, 2.24) is 0 Å². The molecule has 0 aromatic carbocycles. The molecule has 0 bridgehead atoms. The molecule has 0 aromatic rings. The van der Waals surface area contributed by atoms with Crippen molar-refractivity contribution < 1.29 is 9.47 Å². The van der Waals surface area contributed by atoms with Gasteiger partial charge >= 0.3 is 0 Å². The average molecular weight is 144 g/mol. The molecule has 1 aliphatic heterocycles. The van der Waals surface area contributed by atoms with E-state index in [-0.39, 0.29) is 0 Å². The van der Waals surface area contributed by atoms with E-state index in [0.717, 1.165) is 6.42 Å². The van der Waals surface area contributed by atoms with Crippen molar-refractivity contribution in [2.75, 3.05) is 6.79 Å². The SMILES string of the molecule is CC(C)[C@@H]1C[C@H](C)OCO1. The Morgan fingerprint density at radius 3 is 2.40 bits per heavy atom. The monoisotopic (exact) mass is 144 g/mol. The lowest BCUT2D eigenvalue weighted by Crippen LogP contribution is -2.32. The van der Waals surface area contributed by atoms with Gasteiger partial charge in [0.15, 0.2) is 0 Å². The zero-order valence-corrected chi connectivity index (χ0v) is 6.96. The van der Waals surface area contributed by atoms with Crippen LogP contribution in [0.3, 0.4) is 0 Å². The van der Waals surface area contributed by atoms with Crippen LogP contribution in [0.15, 0.2) is 0 Å². The van der Waals surface area contributed by atoms with Gasteiger partial charge in [0.2, 0.25) is 0 Å². The Morgan fingerprint density at radius 1 is 1.30 bits per heavy atom. The Kier molecular flexibility index (Phi) is 2.69. The molecule has 0 aromatic heterocycles. The maximum absolute atomic E-state index is 5.39. The molecular formula is C8H16O2. The smallest absolute Gasteiger partial charge is 0.147 e. The van der Waals surface area contributed by atoms with Crippen LogP contribution in [-0.2, 0) is 9.47 Å². The number of ether oxygens (including phenoxy) is 2. The molecule has 0 N–H and O–H groups in total. The minimum atomic E-state index is 0.376. The Balaban J connectivity index is 2.32. The summed E-state index contributed by atoms with van der Waals surface area (Å²) in [4.78, 5) is 0. The highest BCUT2D eigenvalue weighted by Crippen LogP contribution is 2.18. The summed E-state index contributed by atoms with van der Waals surface area (Å²) in [6.45, 7) is 6.94. The third kappa shape index (κ3) is 1.96. The van der Waals surface area contributed by atoms with Crippen molar-refractivity contribution in [2.45, 2.75) is 39.4 Å². The Labute approximate surface area is 62.5 Å². The maximum atomic E-state index is 5.39. The largest absolute Gasteiger partial charge is 0.352 e. The summed E-state index contributed by atoms with van der Waals surface area (Å²) in [7, 11) is 0. The average Bonchev–Trinajstić information content (AvgIpc) is 1.88. The number of rotatable bonds is 1. The van der Waals surface area contributed by atoms with Crippen molar-refractivity contribution in [3.05, 3.63) is 0 Å². The highest BCUT2D eigenvalue weighted by molar-refractivity contribution is 4.68. The van der Waals surface area contributed by atoms with Gasteiger partial charge < -0.3 is 9.47 Å². The molecule has 1 heterocycles. The highest BCUT2D eigenvalue weighted by atomic mass is 16.7. The molecule has 0 unspecified atom stereocenters. The summed E-state index contributed by atoms with van der Waals surface area (Å²) in [5.74, 6) is 0.617. The lowest BCUT2D eigenvalue weighted by Gasteiger charge is -2.29. The van der Waals surface area contributed by atoms with E-state index in [9.17, 15) is 0 Å². The van der Waals surface area contributed by atoms with E-state index in [1.165, 1.54) is 0 Å². The van der Waals surface area contributed by atoms with E-state index in [2.05, 4.69) is 20.8 Å². The molecule has 0 saturated carbocycles. The van der Waals surface area contributed by atoms with Crippen molar-refractivity contribution in [1.29, 1.82) is 0 Å². The topological polar surface area (TPSA) is 18.5 Å². The molecule has 1 saturated heterocycles. The minimum Gasteiger partial charge on any atom is -0.352 e. The van der Waals surface area contributed by atoms with Gasteiger partial charge in [-0.15, -0.1) is 0 Å². The van der Waals surface area contributed by atoms with Crippen LogP contribution < -0.4 is 0 Å². The van der Waals surface area contributed by atoms with Crippen LogP contribution in [0.25, 0.3) is 0 Å². The zero-order valence-electron chi connectivity index (χ0n) is 6.96. The molecule has 1 fully saturated rings. The zero-order chi connectivity index (χ0) is 7.56. The van der Waals surface area contributed by atoms with Gasteiger partial charge in [-0.2, -0.15) is 0 Å². The molecule has 1 rings (SSSR count). The summed E-state index contributed by atoms with van der Waals surface area (Å²) in [6, 6.07) is 0. The first-order valence-corrected chi connectivity index (χ1v) is 3.93. The Hall–Kier alpha value is -0.0800. The van der Waals surface area contributed by atoms with Crippen LogP contribution in [0.2, 0.25) is 0 Å². The van der Waals surface area contributed by atoms with Crippen molar-refractivity contribution in [3.63, 3.8) is 0 Å². The Morgan fingerprint density at radius 2 is 2.00 bits per heavy atom. The summed E-state index contributed by atoms with van der Waals surface area (Å²) in [5, 5.41) is 0. The molecule has 0 spiro atoms. The Bertz CT molecular complexity index is 101. The van der Waals surface area contributed by atoms with Crippen molar-refractivity contribution in [3.8, 4) is 0 Å². The summed E-state index contributed by atoms with van der Waals surface area (Å²) < 4.78 is 10.6. The third-order valence-electron chi connectivity index (χ3n) is 1.94. The van der Waals surface area contributed by atoms with Crippen LogP contribution in [0.5, 0.6) is 0 Å². The predicted molar refractivity (Wildman–Crippen MR) is 39.7 cm³/mol. The fourth-order valence-electron chi connectivity index (χ4n) is 1.17. The van der Waals surface area contributed by atoms with E-state index < -0.39 is 0 Å². The van der Waals surface area contributed by atoms with Gasteiger partial charge in [-0.3, -0.25) is 0 Å². The maximum Gasteiger partial charge on any atom is 0.147 e. The van der Waals surface area contributed by atoms with Crippen LogP contribution >= 0.6 is 0 Å². The molecule has 2 heteroatoms. The van der Waals surface area contributed by atoms with Gasteiger partial charge in [-0.05, 0) is 19.3 Å². The standard InChI is InChI=1S/C8H16O2/c1-6(2)8-4-7(3)9-5-10-8/h6-8H,4-5H2,1-3H3/t7-,8-/m0/s1. The van der Waals surface area contributed by atoms with E-state index in [0.29, 0.717) is 24.9 Å². The minimum absolute atomic E-state index is 0.376. The second-order valence-corrected chi connectivity index (χ2v) is 3.28. The lowest BCUT2D eigenvalue weighted by molar-refractivity contribution is -0.180. The number of hydrogen-bond donors (Lipinski definition) is 0. The van der Waals surface area contributed by atoms with Crippen molar-refractivity contribution >= 4 is 0 Å². The van der Waals surface area contributed by atoms with Crippen LogP contribution in [-0.4, -0.2) is 19.0 Å². The molecular weight excluding hydrogens is 128 g/mol. The summed E-state index contributed by atoms with van der Waals surface area (Å²) in [6.07, 6.45) is 1.82. The van der Waals surface area contributed by atoms with Gasteiger partial charge in [0.05, 0.1) is 12.2 Å². The molecule has 60 valence electrons. The van der Waals surface area contributed by atoms with E-state index in [4.69, 9.17) is 9.47 Å². The molecule has 10 heavy (non-hydrogen) atoms. The molecule has 0 radical (unpaired) electrons. The highest BCUT2D eigenvalue weighted by Gasteiger charge is 2.21. The van der Waals surface area contributed by atoms with Gasteiger partial charge in [-0.1, -0.05) is 13.8 Å². The van der Waals surface area contributed by atoms with Crippen LogP contribution in [0, 0.1) is 5.92 Å². The van der Waals surface area contributed by atoms with Crippen LogP contribution in [0.4, 0.5) is 0 Å². The predicted octanol–water partition coefficient (Wildman–Crippen LogP) is 1.79. The van der Waals surface area contributed by atoms with Gasteiger partial charge in [0, 0.05) is 0 Å². The second-order valence-electron chi connectivity index (χ2n) is 3.28. The summed E-state index contributed by atoms with van der Waals surface area (Å²) >= 11 is 0. The lowest BCUT2D eigenvalue weighted by atomic mass is 10.0. The first-order valence-electron chi connectivity index (χ1n) is 3.93. The van der Waals surface area contributed by atoms with Crippen molar-refractivity contribution in [2.24, 2.45) is 5.92 Å². The summed E-state index contributed by atoms with van der Waals surface area (Å²) in [5.41, 5.74) is 0. The fraction of sp³-hybridized carbons (Fsp3) is 1.00. The van der Waals surface area contributed by atoms with E-state index in [1.807, 2.05) is 0 Å². The normalized spacial score (nSPS) is 34.8. The second kappa shape index (κ2) is 3.35. The van der Waals surface area contributed by atoms with Gasteiger partial charge in [0.25, 0.3) is 0 Å². The molecule has 2 nitrogen and oxygen atoms in total. The van der Waals surface area contributed by atoms with E-state index in [1.54, 1.807) is 0 Å².